The van der Waals surface area contributed by atoms with Gasteiger partial charge in [0.1, 0.15) is 0 Å². The summed E-state index contributed by atoms with van der Waals surface area (Å²) in [6.45, 7) is 1.65. The van der Waals surface area contributed by atoms with E-state index in [0.717, 1.165) is 5.56 Å². The lowest BCUT2D eigenvalue weighted by Crippen LogP contribution is -2.33. The molecule has 1 unspecified atom stereocenters. The highest BCUT2D eigenvalue weighted by atomic mass is 16.5. The number of ether oxygens (including phenoxy) is 2. The van der Waals surface area contributed by atoms with E-state index in [2.05, 4.69) is 9.47 Å². The van der Waals surface area contributed by atoms with Crippen LogP contribution in [0.1, 0.15) is 18.9 Å². The molecule has 1 atom stereocenters. The van der Waals surface area contributed by atoms with Gasteiger partial charge in [0.25, 0.3) is 0 Å². The first-order valence-corrected chi connectivity index (χ1v) is 6.91. The van der Waals surface area contributed by atoms with Crippen molar-refractivity contribution in [2.45, 2.75) is 13.3 Å². The van der Waals surface area contributed by atoms with Crippen LogP contribution in [0.15, 0.2) is 36.4 Å². The van der Waals surface area contributed by atoms with Crippen LogP contribution in [-0.2, 0) is 23.9 Å². The first-order valence-electron chi connectivity index (χ1n) is 6.91. The predicted octanol–water partition coefficient (Wildman–Crippen LogP) is 2.26. The summed E-state index contributed by atoms with van der Waals surface area (Å²) in [7, 11) is 2.39. The summed E-state index contributed by atoms with van der Waals surface area (Å²) in [5.74, 6) is -3.16. The Hall–Kier alpha value is -2.43. The number of esters is 2. The van der Waals surface area contributed by atoms with Gasteiger partial charge in [-0.2, -0.15) is 0 Å². The monoisotopic (exact) mass is 304 g/mol. The lowest BCUT2D eigenvalue weighted by Gasteiger charge is -2.18. The predicted molar refractivity (Wildman–Crippen MR) is 81.8 cm³/mol. The third kappa shape index (κ3) is 5.16. The van der Waals surface area contributed by atoms with E-state index in [9.17, 15) is 14.4 Å². The van der Waals surface area contributed by atoms with E-state index in [1.807, 2.05) is 30.3 Å². The average molecular weight is 304 g/mol. The fourth-order valence-corrected chi connectivity index (χ4v) is 2.07. The number of methoxy groups -OCH3 is 2. The van der Waals surface area contributed by atoms with Crippen LogP contribution in [0.5, 0.6) is 0 Å². The molecular weight excluding hydrogens is 284 g/mol. The molecule has 0 aliphatic heterocycles. The first kappa shape index (κ1) is 17.6. The van der Waals surface area contributed by atoms with Crippen LogP contribution < -0.4 is 0 Å². The Balaban J connectivity index is 2.70. The van der Waals surface area contributed by atoms with Gasteiger partial charge in [-0.05, 0) is 17.6 Å². The Kier molecular flexibility index (Phi) is 7.02. The molecule has 0 aliphatic rings. The Morgan fingerprint density at radius 2 is 1.59 bits per heavy atom. The second kappa shape index (κ2) is 8.77. The standard InChI is InChI=1S/C17H20O5/c1-12(15(16(19)21-2)17(20)22-3)11-14(18)10-9-13-7-5-4-6-8-13/h4-10,12,15H,11H2,1-3H3/b10-9+. The minimum Gasteiger partial charge on any atom is -0.468 e. The molecule has 1 rings (SSSR count). The Labute approximate surface area is 129 Å². The third-order valence-electron chi connectivity index (χ3n) is 3.26. The summed E-state index contributed by atoms with van der Waals surface area (Å²) in [6, 6.07) is 9.38. The van der Waals surface area contributed by atoms with Gasteiger partial charge in [0.2, 0.25) is 0 Å². The number of carbonyl (C=O) groups is 3. The summed E-state index contributed by atoms with van der Waals surface area (Å²) in [5, 5.41) is 0. The summed E-state index contributed by atoms with van der Waals surface area (Å²) in [5.41, 5.74) is 0.904. The molecule has 0 saturated heterocycles. The SMILES string of the molecule is COC(=O)C(C(=O)OC)C(C)CC(=O)/C=C/c1ccccc1. The Morgan fingerprint density at radius 1 is 1.05 bits per heavy atom. The summed E-state index contributed by atoms with van der Waals surface area (Å²) in [6.07, 6.45) is 3.19. The van der Waals surface area contributed by atoms with E-state index in [0.29, 0.717) is 0 Å². The molecule has 1 aromatic rings. The second-order valence-electron chi connectivity index (χ2n) is 4.92. The van der Waals surface area contributed by atoms with Crippen molar-refractivity contribution in [1.29, 1.82) is 0 Å². The highest BCUT2D eigenvalue weighted by Crippen LogP contribution is 2.19. The maximum absolute atomic E-state index is 12.0. The zero-order valence-electron chi connectivity index (χ0n) is 12.9. The van der Waals surface area contributed by atoms with Crippen LogP contribution in [0.25, 0.3) is 6.08 Å². The lowest BCUT2D eigenvalue weighted by atomic mass is 9.89. The fraction of sp³-hybridized carbons (Fsp3) is 0.353. The summed E-state index contributed by atoms with van der Waals surface area (Å²) < 4.78 is 9.20. The lowest BCUT2D eigenvalue weighted by molar-refractivity contribution is -0.161. The van der Waals surface area contributed by atoms with Crippen LogP contribution in [-0.4, -0.2) is 31.9 Å². The molecule has 0 spiro atoms. The minimum atomic E-state index is -1.09. The van der Waals surface area contributed by atoms with Gasteiger partial charge in [-0.15, -0.1) is 0 Å². The number of hydrogen-bond donors (Lipinski definition) is 0. The number of carbonyl (C=O) groups excluding carboxylic acids is 3. The molecule has 0 N–H and O–H groups in total. The van der Waals surface area contributed by atoms with Gasteiger partial charge in [0, 0.05) is 6.42 Å². The smallest absolute Gasteiger partial charge is 0.320 e. The summed E-state index contributed by atoms with van der Waals surface area (Å²) in [4.78, 5) is 35.3. The molecular formula is C17H20O5. The quantitative estimate of drug-likeness (QED) is 0.439. The topological polar surface area (TPSA) is 69.7 Å². The molecule has 0 bridgehead atoms. The maximum atomic E-state index is 12.0. The molecule has 118 valence electrons. The van der Waals surface area contributed by atoms with Gasteiger partial charge in [-0.3, -0.25) is 14.4 Å². The molecule has 5 nitrogen and oxygen atoms in total. The maximum Gasteiger partial charge on any atom is 0.320 e. The van der Waals surface area contributed by atoms with Crippen molar-refractivity contribution in [2.75, 3.05) is 14.2 Å². The van der Waals surface area contributed by atoms with Crippen molar-refractivity contribution in [1.82, 2.24) is 0 Å². The molecule has 0 amide bonds. The van der Waals surface area contributed by atoms with Crippen molar-refractivity contribution in [3.63, 3.8) is 0 Å². The number of ketones is 1. The molecule has 0 aromatic heterocycles. The van der Waals surface area contributed by atoms with Gasteiger partial charge in [-0.25, -0.2) is 0 Å². The fourth-order valence-electron chi connectivity index (χ4n) is 2.07. The van der Waals surface area contributed by atoms with E-state index in [1.165, 1.54) is 20.3 Å². The number of rotatable bonds is 7. The third-order valence-corrected chi connectivity index (χ3v) is 3.26. The normalized spacial score (nSPS) is 12.2. The van der Waals surface area contributed by atoms with Gasteiger partial charge >= 0.3 is 11.9 Å². The second-order valence-corrected chi connectivity index (χ2v) is 4.92. The number of benzene rings is 1. The Morgan fingerprint density at radius 3 is 2.09 bits per heavy atom. The van der Waals surface area contributed by atoms with E-state index in [4.69, 9.17) is 0 Å². The highest BCUT2D eigenvalue weighted by Gasteiger charge is 2.34. The van der Waals surface area contributed by atoms with Crippen LogP contribution >= 0.6 is 0 Å². The Bertz CT molecular complexity index is 531. The van der Waals surface area contributed by atoms with Crippen LogP contribution in [0, 0.1) is 11.8 Å². The molecule has 0 saturated carbocycles. The van der Waals surface area contributed by atoms with Crippen LogP contribution in [0.2, 0.25) is 0 Å². The van der Waals surface area contributed by atoms with Crippen molar-refractivity contribution < 1.29 is 23.9 Å². The minimum absolute atomic E-state index is 0.0538. The largest absolute Gasteiger partial charge is 0.468 e. The van der Waals surface area contributed by atoms with Gasteiger partial charge < -0.3 is 9.47 Å². The van der Waals surface area contributed by atoms with Crippen molar-refractivity contribution >= 4 is 23.8 Å². The van der Waals surface area contributed by atoms with E-state index in [1.54, 1.807) is 13.0 Å². The first-order chi connectivity index (χ1) is 10.5. The summed E-state index contributed by atoms with van der Waals surface area (Å²) >= 11 is 0. The van der Waals surface area contributed by atoms with E-state index < -0.39 is 23.8 Å². The van der Waals surface area contributed by atoms with Gasteiger partial charge in [-0.1, -0.05) is 43.3 Å². The van der Waals surface area contributed by atoms with Crippen LogP contribution in [0.3, 0.4) is 0 Å². The average Bonchev–Trinajstić information content (AvgIpc) is 2.53. The zero-order valence-corrected chi connectivity index (χ0v) is 12.9. The van der Waals surface area contributed by atoms with Crippen molar-refractivity contribution in [3.8, 4) is 0 Å². The molecule has 22 heavy (non-hydrogen) atoms. The number of allylic oxidation sites excluding steroid dienone is 1. The van der Waals surface area contributed by atoms with Crippen LogP contribution in [0.4, 0.5) is 0 Å². The molecule has 5 heteroatoms. The molecule has 1 aromatic carbocycles. The molecule has 0 radical (unpaired) electrons. The van der Waals surface area contributed by atoms with Crippen molar-refractivity contribution in [3.05, 3.63) is 42.0 Å². The van der Waals surface area contributed by atoms with E-state index >= 15 is 0 Å². The molecule has 0 fully saturated rings. The zero-order chi connectivity index (χ0) is 16.5. The van der Waals surface area contributed by atoms with E-state index in [-0.39, 0.29) is 12.2 Å². The molecule has 0 aliphatic carbocycles. The van der Waals surface area contributed by atoms with Gasteiger partial charge in [0.05, 0.1) is 14.2 Å². The van der Waals surface area contributed by atoms with Gasteiger partial charge in [0.15, 0.2) is 11.7 Å². The molecule has 0 heterocycles. The number of hydrogen-bond acceptors (Lipinski definition) is 5. The highest BCUT2D eigenvalue weighted by molar-refractivity contribution is 5.97. The van der Waals surface area contributed by atoms with Crippen molar-refractivity contribution in [2.24, 2.45) is 11.8 Å².